The van der Waals surface area contributed by atoms with Crippen LogP contribution in [0.1, 0.15) is 36.1 Å². The van der Waals surface area contributed by atoms with Crippen LogP contribution in [-0.4, -0.2) is 39.6 Å². The summed E-state index contributed by atoms with van der Waals surface area (Å²) in [5.41, 5.74) is 10.1. The monoisotopic (exact) mass is 439 g/mol. The van der Waals surface area contributed by atoms with Crippen LogP contribution < -0.4 is 11.1 Å². The van der Waals surface area contributed by atoms with E-state index in [2.05, 4.69) is 26.3 Å². The zero-order valence-electron chi connectivity index (χ0n) is 18.2. The highest BCUT2D eigenvalue weighted by molar-refractivity contribution is 6.48. The first kappa shape index (κ1) is 22.1. The lowest BCUT2D eigenvalue weighted by atomic mass is 9.99. The molecule has 1 aromatic carbocycles. The van der Waals surface area contributed by atoms with Crippen LogP contribution in [0.25, 0.3) is 11.1 Å². The maximum absolute atomic E-state index is 12.6. The van der Waals surface area contributed by atoms with Gasteiger partial charge in [-0.2, -0.15) is 5.26 Å². The number of aromatic nitrogens is 2. The van der Waals surface area contributed by atoms with Crippen molar-refractivity contribution in [2.24, 2.45) is 0 Å². The highest BCUT2D eigenvalue weighted by Gasteiger charge is 2.17. The molecule has 1 aliphatic rings. The van der Waals surface area contributed by atoms with E-state index in [-0.39, 0.29) is 11.4 Å². The van der Waals surface area contributed by atoms with Crippen molar-refractivity contribution >= 4 is 23.0 Å². The summed E-state index contributed by atoms with van der Waals surface area (Å²) >= 11 is 0. The van der Waals surface area contributed by atoms with Gasteiger partial charge in [-0.1, -0.05) is 12.5 Å². The maximum atomic E-state index is 12.6. The number of nitrogens with two attached hydrogens (primary N) is 1. The summed E-state index contributed by atoms with van der Waals surface area (Å²) in [5.74, 6) is -0.609. The number of amides is 1. The number of likely N-dealkylation sites (tertiary alicyclic amines) is 1. The Morgan fingerprint density at radius 3 is 2.64 bits per heavy atom. The van der Waals surface area contributed by atoms with Gasteiger partial charge in [-0.25, -0.2) is 4.98 Å². The van der Waals surface area contributed by atoms with Gasteiger partial charge in [0.1, 0.15) is 17.5 Å². The van der Waals surface area contributed by atoms with E-state index >= 15 is 0 Å². The number of carbonyl (C=O) groups excluding carboxylic acids is 1. The van der Waals surface area contributed by atoms with Gasteiger partial charge in [-0.05, 0) is 67.4 Å². The second-order valence-electron chi connectivity index (χ2n) is 8.09. The minimum absolute atomic E-state index is 0.246. The first-order valence-corrected chi connectivity index (χ1v) is 10.9. The molecule has 1 saturated heterocycles. The maximum Gasteiger partial charge on any atom is 0.274 e. The molecule has 166 valence electrons. The SMILES string of the molecule is N#Cc1ccc(NC(=O)C(=N)c2cc(-c3cncc(CN4CCCCC4)c3)ccc2N)cn1. The molecule has 0 bridgehead atoms. The number of hydrogen-bond acceptors (Lipinski definition) is 7. The number of nitrogens with one attached hydrogen (secondary N) is 2. The Balaban J connectivity index is 1.52. The largest absolute Gasteiger partial charge is 0.398 e. The molecule has 8 heteroatoms. The molecule has 0 saturated carbocycles. The zero-order chi connectivity index (χ0) is 23.2. The predicted molar refractivity (Wildman–Crippen MR) is 128 cm³/mol. The number of benzene rings is 1. The molecule has 1 amide bonds. The fraction of sp³-hybridized carbons (Fsp3) is 0.240. The second kappa shape index (κ2) is 10.0. The van der Waals surface area contributed by atoms with Crippen LogP contribution in [0.4, 0.5) is 11.4 Å². The lowest BCUT2D eigenvalue weighted by Crippen LogP contribution is -2.29. The number of anilines is 2. The first-order valence-electron chi connectivity index (χ1n) is 10.9. The Morgan fingerprint density at radius 1 is 1.09 bits per heavy atom. The summed E-state index contributed by atoms with van der Waals surface area (Å²) in [6.07, 6.45) is 8.81. The summed E-state index contributed by atoms with van der Waals surface area (Å²) in [7, 11) is 0. The molecule has 1 aliphatic heterocycles. The second-order valence-corrected chi connectivity index (χ2v) is 8.09. The predicted octanol–water partition coefficient (Wildman–Crippen LogP) is 3.59. The van der Waals surface area contributed by atoms with Gasteiger partial charge in [0, 0.05) is 35.8 Å². The fourth-order valence-electron chi connectivity index (χ4n) is 3.91. The number of nitrogens with zero attached hydrogens (tertiary/aromatic N) is 4. The summed E-state index contributed by atoms with van der Waals surface area (Å²) in [5, 5.41) is 19.9. The molecule has 0 spiro atoms. The number of nitrogen functional groups attached to an aromatic ring is 1. The molecule has 33 heavy (non-hydrogen) atoms. The summed E-state index contributed by atoms with van der Waals surface area (Å²) in [6.45, 7) is 3.08. The van der Waals surface area contributed by atoms with E-state index in [1.807, 2.05) is 18.3 Å². The van der Waals surface area contributed by atoms with Crippen molar-refractivity contribution in [3.63, 3.8) is 0 Å². The summed E-state index contributed by atoms with van der Waals surface area (Å²) < 4.78 is 0. The number of rotatable bonds is 6. The number of nitriles is 1. The molecule has 8 nitrogen and oxygen atoms in total. The van der Waals surface area contributed by atoms with Crippen molar-refractivity contribution < 1.29 is 4.79 Å². The van der Waals surface area contributed by atoms with Crippen molar-refractivity contribution in [3.05, 3.63) is 71.8 Å². The van der Waals surface area contributed by atoms with Crippen LogP contribution in [0, 0.1) is 16.7 Å². The lowest BCUT2D eigenvalue weighted by Gasteiger charge is -2.26. The van der Waals surface area contributed by atoms with E-state index in [9.17, 15) is 4.79 Å². The van der Waals surface area contributed by atoms with E-state index in [1.165, 1.54) is 31.5 Å². The normalized spacial score (nSPS) is 13.8. The number of carbonyl (C=O) groups is 1. The number of piperidine rings is 1. The van der Waals surface area contributed by atoms with Crippen LogP contribution in [-0.2, 0) is 11.3 Å². The van der Waals surface area contributed by atoms with Crippen molar-refractivity contribution in [2.75, 3.05) is 24.1 Å². The van der Waals surface area contributed by atoms with E-state index in [1.54, 1.807) is 24.4 Å². The van der Waals surface area contributed by atoms with Gasteiger partial charge in [-0.3, -0.25) is 20.1 Å². The van der Waals surface area contributed by atoms with Crippen LogP contribution in [0.15, 0.2) is 55.0 Å². The van der Waals surface area contributed by atoms with Crippen LogP contribution in [0.3, 0.4) is 0 Å². The topological polar surface area (TPSA) is 132 Å². The number of hydrogen-bond donors (Lipinski definition) is 3. The van der Waals surface area contributed by atoms with Crippen LogP contribution >= 0.6 is 0 Å². The van der Waals surface area contributed by atoms with Crippen molar-refractivity contribution in [3.8, 4) is 17.2 Å². The number of pyridine rings is 2. The molecule has 4 N–H and O–H groups in total. The van der Waals surface area contributed by atoms with Gasteiger partial charge in [0.15, 0.2) is 0 Å². The van der Waals surface area contributed by atoms with Gasteiger partial charge in [0.2, 0.25) is 0 Å². The lowest BCUT2D eigenvalue weighted by molar-refractivity contribution is -0.110. The van der Waals surface area contributed by atoms with Crippen molar-refractivity contribution in [2.45, 2.75) is 25.8 Å². The van der Waals surface area contributed by atoms with Gasteiger partial charge in [0.25, 0.3) is 5.91 Å². The minimum Gasteiger partial charge on any atom is -0.398 e. The average Bonchev–Trinajstić information content (AvgIpc) is 2.85. The highest BCUT2D eigenvalue weighted by Crippen LogP contribution is 2.25. The molecule has 3 aromatic rings. The molecule has 0 radical (unpaired) electrons. The van der Waals surface area contributed by atoms with Gasteiger partial charge in [0.05, 0.1) is 11.9 Å². The van der Waals surface area contributed by atoms with Crippen molar-refractivity contribution in [1.82, 2.24) is 14.9 Å². The third kappa shape index (κ3) is 5.40. The Hall–Kier alpha value is -4.09. The van der Waals surface area contributed by atoms with E-state index in [0.717, 1.165) is 36.3 Å². The van der Waals surface area contributed by atoms with Gasteiger partial charge >= 0.3 is 0 Å². The fourth-order valence-corrected chi connectivity index (χ4v) is 3.91. The summed E-state index contributed by atoms with van der Waals surface area (Å²) in [4.78, 5) is 23.4. The van der Waals surface area contributed by atoms with Crippen molar-refractivity contribution in [1.29, 1.82) is 10.7 Å². The first-order chi connectivity index (χ1) is 16.0. The third-order valence-corrected chi connectivity index (χ3v) is 5.67. The third-order valence-electron chi connectivity index (χ3n) is 5.67. The Labute approximate surface area is 192 Å². The van der Waals surface area contributed by atoms with Gasteiger partial charge in [-0.15, -0.1) is 0 Å². The Kier molecular flexibility index (Phi) is 6.72. The van der Waals surface area contributed by atoms with Crippen LogP contribution in [0.2, 0.25) is 0 Å². The van der Waals surface area contributed by atoms with Gasteiger partial charge < -0.3 is 11.1 Å². The molecule has 0 unspecified atom stereocenters. The Morgan fingerprint density at radius 2 is 1.91 bits per heavy atom. The highest BCUT2D eigenvalue weighted by atomic mass is 16.1. The minimum atomic E-state index is -0.609. The quantitative estimate of drug-likeness (QED) is 0.397. The summed E-state index contributed by atoms with van der Waals surface area (Å²) in [6, 6.07) is 12.4. The standard InChI is InChI=1S/C25H25N7O/c26-12-20-5-6-21(15-30-20)31-25(33)24(28)22-11-18(4-7-23(22)27)19-10-17(13-29-14-19)16-32-8-2-1-3-9-32/h4-7,10-11,13-15,28H,1-3,8-9,16,27H2,(H,31,33). The molecule has 1 fully saturated rings. The van der Waals surface area contributed by atoms with E-state index in [4.69, 9.17) is 16.4 Å². The smallest absolute Gasteiger partial charge is 0.274 e. The molecular weight excluding hydrogens is 414 g/mol. The molecule has 2 aromatic heterocycles. The Bertz CT molecular complexity index is 1210. The molecule has 0 aliphatic carbocycles. The van der Waals surface area contributed by atoms with E-state index < -0.39 is 5.91 Å². The average molecular weight is 440 g/mol. The molecule has 4 rings (SSSR count). The molecule has 3 heterocycles. The van der Waals surface area contributed by atoms with E-state index in [0.29, 0.717) is 16.9 Å². The molecular formula is C25H25N7O. The van der Waals surface area contributed by atoms with Crippen LogP contribution in [0.5, 0.6) is 0 Å². The molecule has 0 atom stereocenters. The zero-order valence-corrected chi connectivity index (χ0v) is 18.2.